The highest BCUT2D eigenvalue weighted by atomic mass is 35.5. The molecule has 0 saturated carbocycles. The Morgan fingerprint density at radius 3 is 1.92 bits per heavy atom. The molecule has 0 bridgehead atoms. The van der Waals surface area contributed by atoms with Crippen LogP contribution in [0.1, 0.15) is 6.92 Å². The van der Waals surface area contributed by atoms with Crippen LogP contribution in [0.4, 0.5) is 0 Å². The van der Waals surface area contributed by atoms with Gasteiger partial charge >= 0.3 is 0 Å². The van der Waals surface area contributed by atoms with E-state index in [4.69, 9.17) is 11.6 Å². The van der Waals surface area contributed by atoms with Crippen molar-refractivity contribution in [3.8, 4) is 0 Å². The van der Waals surface area contributed by atoms with Gasteiger partial charge in [0, 0.05) is 5.02 Å². The lowest BCUT2D eigenvalue weighted by Gasteiger charge is -1.80. The first-order valence-corrected chi connectivity index (χ1v) is 4.03. The monoisotopic (exact) mass is 180 g/mol. The maximum atomic E-state index is 5.54. The van der Waals surface area contributed by atoms with E-state index in [1.165, 1.54) is 0 Å². The minimum Gasteiger partial charge on any atom is -0.0988 e. The van der Waals surface area contributed by atoms with Crippen LogP contribution < -0.4 is 0 Å². The summed E-state index contributed by atoms with van der Waals surface area (Å²) in [7, 11) is 0. The van der Waals surface area contributed by atoms with Crippen LogP contribution in [-0.2, 0) is 0 Å². The van der Waals surface area contributed by atoms with Gasteiger partial charge in [0.25, 0.3) is 0 Å². The second-order valence-electron chi connectivity index (χ2n) is 2.35. The van der Waals surface area contributed by atoms with E-state index in [0.717, 1.165) is 10.6 Å². The Morgan fingerprint density at radius 1 is 1.33 bits per heavy atom. The Kier molecular flexibility index (Phi) is 6.12. The first kappa shape index (κ1) is 11.0. The normalized spacial score (nSPS) is 7.83. The molecule has 0 aromatic heterocycles. The summed E-state index contributed by atoms with van der Waals surface area (Å²) >= 11 is 5.54. The zero-order valence-corrected chi connectivity index (χ0v) is 8.01. The van der Waals surface area contributed by atoms with Crippen LogP contribution in [-0.4, -0.2) is 0 Å². The van der Waals surface area contributed by atoms with Gasteiger partial charge in [0.1, 0.15) is 0 Å². The van der Waals surface area contributed by atoms with Gasteiger partial charge in [-0.25, -0.2) is 0 Å². The van der Waals surface area contributed by atoms with Gasteiger partial charge in [0.2, 0.25) is 0 Å². The molecular formula is C11H13Cl. The third-order valence-electron chi connectivity index (χ3n) is 1.08. The van der Waals surface area contributed by atoms with E-state index >= 15 is 0 Å². The summed E-state index contributed by atoms with van der Waals surface area (Å²) in [6.45, 7) is 8.93. The summed E-state index contributed by atoms with van der Waals surface area (Å²) in [5.41, 5.74) is 1.02. The average Bonchev–Trinajstić information content (AvgIpc) is 2.07. The minimum absolute atomic E-state index is 0.794. The van der Waals surface area contributed by atoms with E-state index in [-0.39, 0.29) is 0 Å². The third kappa shape index (κ3) is 7.10. The fourth-order valence-corrected chi connectivity index (χ4v) is 0.560. The molecule has 0 radical (unpaired) electrons. The van der Waals surface area contributed by atoms with Gasteiger partial charge < -0.3 is 0 Å². The molecule has 1 heteroatoms. The van der Waals surface area contributed by atoms with Crippen molar-refractivity contribution >= 4 is 11.6 Å². The van der Waals surface area contributed by atoms with Crippen LogP contribution >= 0.6 is 11.6 Å². The van der Waals surface area contributed by atoms with E-state index in [1.54, 1.807) is 6.08 Å². The molecule has 0 aliphatic heterocycles. The highest BCUT2D eigenvalue weighted by molar-refractivity contribution is 6.30. The largest absolute Gasteiger partial charge is 0.0988 e. The molecule has 1 aromatic rings. The molecule has 0 heterocycles. The van der Waals surface area contributed by atoms with Crippen molar-refractivity contribution in [1.82, 2.24) is 0 Å². The van der Waals surface area contributed by atoms with Crippen molar-refractivity contribution in [2.24, 2.45) is 0 Å². The quantitative estimate of drug-likeness (QED) is 0.572. The van der Waals surface area contributed by atoms with E-state index in [1.807, 2.05) is 37.3 Å². The van der Waals surface area contributed by atoms with Gasteiger partial charge in [-0.3, -0.25) is 0 Å². The Balaban J connectivity index is 0.000000217. The Hall–Kier alpha value is -1.01. The first-order chi connectivity index (χ1) is 5.66. The predicted molar refractivity (Wildman–Crippen MR) is 56.5 cm³/mol. The van der Waals surface area contributed by atoms with Gasteiger partial charge in [-0.15, -0.1) is 0 Å². The third-order valence-corrected chi connectivity index (χ3v) is 1.33. The molecule has 0 amide bonds. The van der Waals surface area contributed by atoms with Gasteiger partial charge in [-0.1, -0.05) is 54.6 Å². The summed E-state index contributed by atoms with van der Waals surface area (Å²) in [4.78, 5) is 0. The van der Waals surface area contributed by atoms with Gasteiger partial charge in [0.05, 0.1) is 0 Å². The molecule has 0 aliphatic carbocycles. The predicted octanol–water partition coefficient (Wildman–Crippen LogP) is 4.09. The van der Waals surface area contributed by atoms with Crippen molar-refractivity contribution in [2.45, 2.75) is 6.92 Å². The molecular weight excluding hydrogens is 168 g/mol. The Labute approximate surface area is 79.2 Å². The van der Waals surface area contributed by atoms with Crippen LogP contribution in [0.3, 0.4) is 0 Å². The second kappa shape index (κ2) is 6.68. The van der Waals surface area contributed by atoms with Crippen molar-refractivity contribution in [3.63, 3.8) is 0 Å². The van der Waals surface area contributed by atoms with Crippen LogP contribution in [0.15, 0.2) is 55.1 Å². The molecule has 0 N–H and O–H groups in total. The number of halogens is 1. The van der Waals surface area contributed by atoms with Gasteiger partial charge in [0.15, 0.2) is 0 Å². The molecule has 0 unspecified atom stereocenters. The van der Waals surface area contributed by atoms with E-state index in [9.17, 15) is 0 Å². The lowest BCUT2D eigenvalue weighted by molar-refractivity contribution is 1.58. The van der Waals surface area contributed by atoms with Gasteiger partial charge in [-0.05, 0) is 19.1 Å². The average molecular weight is 181 g/mol. The lowest BCUT2D eigenvalue weighted by Crippen LogP contribution is -1.55. The maximum Gasteiger partial charge on any atom is 0.0405 e. The van der Waals surface area contributed by atoms with Crippen molar-refractivity contribution in [3.05, 3.63) is 60.2 Å². The summed E-state index contributed by atoms with van der Waals surface area (Å²) in [5, 5.41) is 0.794. The van der Waals surface area contributed by atoms with E-state index in [2.05, 4.69) is 13.2 Å². The van der Waals surface area contributed by atoms with Crippen LogP contribution in [0.25, 0.3) is 0 Å². The molecule has 0 spiro atoms. The van der Waals surface area contributed by atoms with Crippen LogP contribution in [0, 0.1) is 0 Å². The smallest absolute Gasteiger partial charge is 0.0405 e. The number of rotatable bonds is 1. The SMILES string of the molecule is C=CC(=C)C.Clc1ccccc1. The molecule has 0 saturated heterocycles. The van der Waals surface area contributed by atoms with E-state index < -0.39 is 0 Å². The zero-order valence-electron chi connectivity index (χ0n) is 7.26. The van der Waals surface area contributed by atoms with Crippen molar-refractivity contribution in [2.75, 3.05) is 0 Å². The molecule has 1 aromatic carbocycles. The molecule has 0 fully saturated rings. The van der Waals surface area contributed by atoms with Crippen molar-refractivity contribution in [1.29, 1.82) is 0 Å². The van der Waals surface area contributed by atoms with Crippen LogP contribution in [0.5, 0.6) is 0 Å². The standard InChI is InChI=1S/C6H5Cl.C5H8/c7-6-4-2-1-3-5-6;1-4-5(2)3/h1-5H;4H,1-2H2,3H3. The lowest BCUT2D eigenvalue weighted by atomic mass is 10.4. The molecule has 0 nitrogen and oxygen atoms in total. The van der Waals surface area contributed by atoms with Crippen LogP contribution in [0.2, 0.25) is 5.02 Å². The molecule has 0 atom stereocenters. The summed E-state index contributed by atoms with van der Waals surface area (Å²) in [5.74, 6) is 0. The summed E-state index contributed by atoms with van der Waals surface area (Å²) in [6.07, 6.45) is 1.72. The topological polar surface area (TPSA) is 0 Å². The summed E-state index contributed by atoms with van der Waals surface area (Å²) < 4.78 is 0. The Morgan fingerprint density at radius 2 is 1.75 bits per heavy atom. The molecule has 12 heavy (non-hydrogen) atoms. The Bertz CT molecular complexity index is 236. The molecule has 1 rings (SSSR count). The fourth-order valence-electron chi connectivity index (χ4n) is 0.415. The zero-order chi connectivity index (χ0) is 9.40. The summed E-state index contributed by atoms with van der Waals surface area (Å²) in [6, 6.07) is 9.44. The molecule has 64 valence electrons. The first-order valence-electron chi connectivity index (χ1n) is 3.65. The van der Waals surface area contributed by atoms with E-state index in [0.29, 0.717) is 0 Å². The number of benzene rings is 1. The number of hydrogen-bond donors (Lipinski definition) is 0. The maximum absolute atomic E-state index is 5.54. The second-order valence-corrected chi connectivity index (χ2v) is 2.78. The number of hydrogen-bond acceptors (Lipinski definition) is 0. The highest BCUT2D eigenvalue weighted by Crippen LogP contribution is 2.03. The minimum atomic E-state index is 0.794. The molecule has 0 aliphatic rings. The fraction of sp³-hybridized carbons (Fsp3) is 0.0909. The van der Waals surface area contributed by atoms with Crippen molar-refractivity contribution < 1.29 is 0 Å². The number of allylic oxidation sites excluding steroid dienone is 2. The van der Waals surface area contributed by atoms with Gasteiger partial charge in [-0.2, -0.15) is 0 Å². The highest BCUT2D eigenvalue weighted by Gasteiger charge is 1.74.